The molecule has 0 saturated heterocycles. The Morgan fingerprint density at radius 2 is 1.36 bits per heavy atom. The maximum Gasteiger partial charge on any atom is 0.220 e. The van der Waals surface area contributed by atoms with Crippen molar-refractivity contribution in [3.63, 3.8) is 0 Å². The molecule has 0 radical (unpaired) electrons. The number of halogens is 1. The summed E-state index contributed by atoms with van der Waals surface area (Å²) in [5.74, 6) is -0.557. The Kier molecular flexibility index (Phi) is 14.7. The number of amides is 2. The van der Waals surface area contributed by atoms with Crippen LogP contribution in [-0.2, 0) is 24.0 Å². The van der Waals surface area contributed by atoms with E-state index in [0.717, 1.165) is 25.7 Å². The van der Waals surface area contributed by atoms with E-state index >= 15 is 0 Å². The Morgan fingerprint density at radius 1 is 0.833 bits per heavy atom. The van der Waals surface area contributed by atoms with Gasteiger partial charge < -0.3 is 27.0 Å². The third-order valence-electron chi connectivity index (χ3n) is 9.19. The number of Topliss-reactive ketones (excluding diaryl/α,β-unsaturated/α-hetero) is 2. The van der Waals surface area contributed by atoms with Crippen molar-refractivity contribution >= 4 is 49.8 Å². The average molecular weight is 706 g/mol. The normalized spacial score (nSPS) is 16.3. The second-order valence-electron chi connectivity index (χ2n) is 14.1. The van der Waals surface area contributed by atoms with Crippen LogP contribution < -0.4 is 27.0 Å². The Bertz CT molecular complexity index is 975. The number of hydrogen-bond acceptors (Lipinski definition) is 8. The van der Waals surface area contributed by atoms with Gasteiger partial charge in [-0.3, -0.25) is 24.0 Å². The topological polar surface area (TPSA) is 159 Å². The first kappa shape index (κ1) is 38.6. The third kappa shape index (κ3) is 11.6. The number of nitrogens with one attached hydrogen (secondary N) is 4. The molecule has 1 aliphatic rings. The van der Waals surface area contributed by atoms with Crippen molar-refractivity contribution < 1.29 is 24.0 Å². The lowest BCUT2D eigenvalue weighted by atomic mass is 9.68. The van der Waals surface area contributed by atoms with Gasteiger partial charge in [-0.15, -0.1) is 0 Å². The van der Waals surface area contributed by atoms with E-state index in [4.69, 9.17) is 5.73 Å². The summed E-state index contributed by atoms with van der Waals surface area (Å²) in [6, 6.07) is -1.11. The molecule has 10 nitrogen and oxygen atoms in total. The van der Waals surface area contributed by atoms with Crippen LogP contribution in [0.25, 0.3) is 0 Å². The highest BCUT2D eigenvalue weighted by molar-refractivity contribution is 14.1. The molecule has 11 heteroatoms. The molecule has 0 aromatic carbocycles. The predicted octanol–water partition coefficient (Wildman–Crippen LogP) is 3.33. The van der Waals surface area contributed by atoms with Crippen LogP contribution in [0.3, 0.4) is 0 Å². The van der Waals surface area contributed by atoms with Crippen molar-refractivity contribution in [1.29, 1.82) is 0 Å². The zero-order chi connectivity index (χ0) is 32.5. The van der Waals surface area contributed by atoms with E-state index in [2.05, 4.69) is 21.3 Å². The summed E-state index contributed by atoms with van der Waals surface area (Å²) in [5.41, 5.74) is 2.93. The molecule has 1 rings (SSSR count). The van der Waals surface area contributed by atoms with E-state index in [0.29, 0.717) is 0 Å². The summed E-state index contributed by atoms with van der Waals surface area (Å²) in [5, 5.41) is 12.6. The first-order valence-electron chi connectivity index (χ1n) is 15.3. The van der Waals surface area contributed by atoms with Crippen LogP contribution in [-0.4, -0.2) is 69.5 Å². The van der Waals surface area contributed by atoms with Crippen molar-refractivity contribution in [2.24, 2.45) is 16.6 Å². The van der Waals surface area contributed by atoms with E-state index in [9.17, 15) is 24.0 Å². The molecule has 1 saturated carbocycles. The number of carbonyl (C=O) groups is 5. The summed E-state index contributed by atoms with van der Waals surface area (Å²) < 4.78 is -0.171. The number of rotatable bonds is 20. The highest BCUT2D eigenvalue weighted by atomic mass is 127. The van der Waals surface area contributed by atoms with Gasteiger partial charge in [-0.05, 0) is 66.2 Å². The Labute approximate surface area is 266 Å². The lowest BCUT2D eigenvalue weighted by Gasteiger charge is -2.46. The first-order chi connectivity index (χ1) is 19.2. The minimum Gasteiger partial charge on any atom is -0.353 e. The lowest BCUT2D eigenvalue weighted by Crippen LogP contribution is -2.64. The van der Waals surface area contributed by atoms with Gasteiger partial charge in [-0.25, -0.2) is 0 Å². The van der Waals surface area contributed by atoms with Crippen LogP contribution in [0, 0.1) is 10.8 Å². The van der Waals surface area contributed by atoms with Crippen LogP contribution in [0.15, 0.2) is 0 Å². The van der Waals surface area contributed by atoms with E-state index in [-0.39, 0.29) is 77.5 Å². The van der Waals surface area contributed by atoms with Gasteiger partial charge in [0.1, 0.15) is 0 Å². The smallest absolute Gasteiger partial charge is 0.220 e. The molecule has 42 heavy (non-hydrogen) atoms. The fourth-order valence-corrected chi connectivity index (χ4v) is 4.89. The highest BCUT2D eigenvalue weighted by Gasteiger charge is 2.48. The molecule has 0 bridgehead atoms. The molecule has 0 heterocycles. The standard InChI is InChI=1S/C31H56IN5O5/c1-10-29(4,5)36-22(14-16-24(39)34-18-23(32)38)27(42)30(6,7)31(8,9)37-21(26(41)28(2,3)19-33)15-17-25(40)35-20-12-11-13-20/h20-22,36-37H,10-19,33H2,1-9H3,(H,34,39)(H,35,40). The predicted molar refractivity (Wildman–Crippen MR) is 175 cm³/mol. The van der Waals surface area contributed by atoms with Gasteiger partial charge in [0.2, 0.25) is 15.6 Å². The minimum absolute atomic E-state index is 0.0540. The zero-order valence-electron chi connectivity index (χ0n) is 27.3. The van der Waals surface area contributed by atoms with Crippen LogP contribution in [0.5, 0.6) is 0 Å². The van der Waals surface area contributed by atoms with Crippen molar-refractivity contribution in [3.05, 3.63) is 0 Å². The van der Waals surface area contributed by atoms with Gasteiger partial charge in [0, 0.05) is 69.9 Å². The molecule has 1 fully saturated rings. The number of hydrogen-bond donors (Lipinski definition) is 5. The van der Waals surface area contributed by atoms with Gasteiger partial charge in [-0.1, -0.05) is 34.6 Å². The summed E-state index contributed by atoms with van der Waals surface area (Å²) in [6.07, 6.45) is 4.66. The van der Waals surface area contributed by atoms with Crippen LogP contribution in [0.2, 0.25) is 0 Å². The number of carbonyl (C=O) groups excluding carboxylic acids is 5. The molecule has 0 aromatic heterocycles. The van der Waals surface area contributed by atoms with E-state index < -0.39 is 28.5 Å². The largest absolute Gasteiger partial charge is 0.353 e. The molecule has 2 atom stereocenters. The maximum absolute atomic E-state index is 14.3. The van der Waals surface area contributed by atoms with E-state index in [1.807, 2.05) is 48.5 Å². The average Bonchev–Trinajstić information content (AvgIpc) is 2.88. The molecular weight excluding hydrogens is 649 g/mol. The van der Waals surface area contributed by atoms with Gasteiger partial charge >= 0.3 is 0 Å². The first-order valence-corrected chi connectivity index (χ1v) is 16.4. The fourth-order valence-electron chi connectivity index (χ4n) is 4.70. The summed E-state index contributed by atoms with van der Waals surface area (Å²) in [4.78, 5) is 64.3. The lowest BCUT2D eigenvalue weighted by molar-refractivity contribution is -0.137. The van der Waals surface area contributed by atoms with Crippen LogP contribution in [0.1, 0.15) is 114 Å². The molecule has 6 N–H and O–H groups in total. The van der Waals surface area contributed by atoms with E-state index in [1.165, 1.54) is 0 Å². The summed E-state index contributed by atoms with van der Waals surface area (Å²) >= 11 is 1.63. The second kappa shape index (κ2) is 16.0. The minimum atomic E-state index is -0.983. The fraction of sp³-hybridized carbons (Fsp3) is 0.839. The van der Waals surface area contributed by atoms with Gasteiger partial charge in [0.25, 0.3) is 0 Å². The Hall–Kier alpha value is -1.44. The molecular formula is C31H56IN5O5. The van der Waals surface area contributed by atoms with Crippen molar-refractivity contribution in [2.45, 2.75) is 143 Å². The van der Waals surface area contributed by atoms with Gasteiger partial charge in [0.15, 0.2) is 11.6 Å². The molecule has 2 amide bonds. The molecule has 0 spiro atoms. The maximum atomic E-state index is 14.3. The summed E-state index contributed by atoms with van der Waals surface area (Å²) in [7, 11) is 0. The summed E-state index contributed by atoms with van der Waals surface area (Å²) in [6.45, 7) is 17.2. The quantitative estimate of drug-likeness (QED) is 0.0954. The van der Waals surface area contributed by atoms with Crippen molar-refractivity contribution in [2.75, 3.05) is 13.1 Å². The zero-order valence-corrected chi connectivity index (χ0v) is 29.5. The molecule has 1 aliphatic carbocycles. The number of nitrogens with two attached hydrogens (primary N) is 1. The number of ketones is 2. The molecule has 2 unspecified atom stereocenters. The monoisotopic (exact) mass is 705 g/mol. The molecule has 0 aromatic rings. The Morgan fingerprint density at radius 3 is 1.81 bits per heavy atom. The van der Waals surface area contributed by atoms with Gasteiger partial charge in [0.05, 0.1) is 18.6 Å². The molecule has 242 valence electrons. The highest BCUT2D eigenvalue weighted by Crippen LogP contribution is 2.35. The van der Waals surface area contributed by atoms with Gasteiger partial charge in [-0.2, -0.15) is 0 Å². The van der Waals surface area contributed by atoms with Crippen LogP contribution in [0.4, 0.5) is 0 Å². The van der Waals surface area contributed by atoms with Crippen molar-refractivity contribution in [3.8, 4) is 0 Å². The Balaban J connectivity index is 3.20. The van der Waals surface area contributed by atoms with E-state index in [1.54, 1.807) is 36.4 Å². The van der Waals surface area contributed by atoms with Crippen LogP contribution >= 0.6 is 22.6 Å². The SMILES string of the molecule is CCC(C)(C)NC(CCC(=O)NCC(=O)I)C(=O)C(C)(C)C(C)(C)NC(CCC(=O)NC1CCC1)C(=O)C(C)(C)CN. The second-order valence-corrected chi connectivity index (χ2v) is 15.3. The van der Waals surface area contributed by atoms with Crippen molar-refractivity contribution in [1.82, 2.24) is 21.3 Å². The molecule has 0 aliphatic heterocycles. The third-order valence-corrected chi connectivity index (χ3v) is 9.57.